The van der Waals surface area contributed by atoms with E-state index in [9.17, 15) is 19.2 Å². The predicted octanol–water partition coefficient (Wildman–Crippen LogP) is 3.43. The Morgan fingerprint density at radius 1 is 0.903 bits per heavy atom. The molecule has 0 aromatic heterocycles. The summed E-state index contributed by atoms with van der Waals surface area (Å²) in [5.74, 6) is -1.62. The van der Waals surface area contributed by atoms with Crippen molar-refractivity contribution in [1.82, 2.24) is 4.90 Å². The maximum atomic E-state index is 12.6. The van der Waals surface area contributed by atoms with Crippen molar-refractivity contribution in [2.24, 2.45) is 0 Å². The number of benzene rings is 2. The summed E-state index contributed by atoms with van der Waals surface area (Å²) in [5, 5.41) is 0. The Bertz CT molecular complexity index is 1000. The largest absolute Gasteiger partial charge is 0.452 e. The predicted molar refractivity (Wildman–Crippen MR) is 114 cm³/mol. The topological polar surface area (TPSA) is 84.0 Å². The van der Waals surface area contributed by atoms with E-state index in [4.69, 9.17) is 4.74 Å². The number of hydrogen-bond acceptors (Lipinski definition) is 5. The second-order valence-electron chi connectivity index (χ2n) is 8.04. The molecule has 31 heavy (non-hydrogen) atoms. The molecule has 0 spiro atoms. The van der Waals surface area contributed by atoms with Gasteiger partial charge >= 0.3 is 5.97 Å². The fraction of sp³-hybridized carbons (Fsp3) is 0.333. The number of hydrogen-bond donors (Lipinski definition) is 0. The van der Waals surface area contributed by atoms with E-state index in [-0.39, 0.29) is 30.2 Å². The van der Waals surface area contributed by atoms with Crippen molar-refractivity contribution in [2.45, 2.75) is 45.2 Å². The molecule has 0 bridgehead atoms. The van der Waals surface area contributed by atoms with Crippen LogP contribution in [0.4, 0.5) is 5.69 Å². The van der Waals surface area contributed by atoms with Gasteiger partial charge in [-0.1, -0.05) is 12.1 Å². The maximum Gasteiger partial charge on any atom is 0.338 e. The molecule has 7 nitrogen and oxygen atoms in total. The zero-order valence-electron chi connectivity index (χ0n) is 17.5. The summed E-state index contributed by atoms with van der Waals surface area (Å²) in [7, 11) is 0. The molecular formula is C24H24N2O5. The number of piperidine rings is 1. The Kier molecular flexibility index (Phi) is 5.59. The van der Waals surface area contributed by atoms with Gasteiger partial charge in [0, 0.05) is 12.1 Å². The van der Waals surface area contributed by atoms with Crippen LogP contribution >= 0.6 is 0 Å². The summed E-state index contributed by atoms with van der Waals surface area (Å²) < 4.78 is 5.22. The van der Waals surface area contributed by atoms with Crippen molar-refractivity contribution in [1.29, 1.82) is 0 Å². The summed E-state index contributed by atoms with van der Waals surface area (Å²) in [5.41, 5.74) is 1.33. The van der Waals surface area contributed by atoms with E-state index in [0.717, 1.165) is 24.2 Å². The van der Waals surface area contributed by atoms with E-state index < -0.39 is 17.8 Å². The standard InChI is InChI=1S/C24H24N2O5/c1-15-6-5-7-16(2)25(15)21(27)14-31-24(30)17-10-12-18(13-11-17)26-22(28)19-8-3-4-9-20(19)23(26)29/h3-4,8-13,15-16H,5-7,14H2,1-2H3/t15-,16-/m1/s1. The summed E-state index contributed by atoms with van der Waals surface area (Å²) in [6.45, 7) is 3.70. The minimum Gasteiger partial charge on any atom is -0.452 e. The van der Waals surface area contributed by atoms with E-state index in [1.54, 1.807) is 29.2 Å². The molecule has 3 amide bonds. The number of esters is 1. The van der Waals surface area contributed by atoms with Gasteiger partial charge in [-0.2, -0.15) is 0 Å². The van der Waals surface area contributed by atoms with Gasteiger partial charge in [-0.3, -0.25) is 14.4 Å². The molecule has 0 unspecified atom stereocenters. The number of carbonyl (C=O) groups is 4. The minimum atomic E-state index is -0.625. The van der Waals surface area contributed by atoms with Crippen LogP contribution in [0.5, 0.6) is 0 Å². The first-order valence-corrected chi connectivity index (χ1v) is 10.4. The lowest BCUT2D eigenvalue weighted by Crippen LogP contribution is -2.49. The number of carbonyl (C=O) groups excluding carboxylic acids is 4. The zero-order chi connectivity index (χ0) is 22.1. The smallest absolute Gasteiger partial charge is 0.338 e. The second kappa shape index (κ2) is 8.34. The molecule has 2 heterocycles. The highest BCUT2D eigenvalue weighted by molar-refractivity contribution is 6.34. The lowest BCUT2D eigenvalue weighted by molar-refractivity contribution is -0.140. The minimum absolute atomic E-state index is 0.133. The summed E-state index contributed by atoms with van der Waals surface area (Å²) >= 11 is 0. The fourth-order valence-corrected chi connectivity index (χ4v) is 4.37. The Morgan fingerprint density at radius 3 is 2.00 bits per heavy atom. The van der Waals surface area contributed by atoms with Crippen LogP contribution in [0.25, 0.3) is 0 Å². The Hall–Kier alpha value is -3.48. The van der Waals surface area contributed by atoms with Gasteiger partial charge in [0.25, 0.3) is 17.7 Å². The molecule has 2 aromatic carbocycles. The highest BCUT2D eigenvalue weighted by Gasteiger charge is 2.36. The number of fused-ring (bicyclic) bond motifs is 1. The third kappa shape index (κ3) is 3.83. The van der Waals surface area contributed by atoms with Gasteiger partial charge in [0.1, 0.15) is 0 Å². The quantitative estimate of drug-likeness (QED) is 0.559. The molecule has 4 rings (SSSR count). The summed E-state index contributed by atoms with van der Waals surface area (Å²) in [6, 6.07) is 12.9. The average molecular weight is 420 g/mol. The Morgan fingerprint density at radius 2 is 1.45 bits per heavy atom. The molecule has 1 fully saturated rings. The molecular weight excluding hydrogens is 396 g/mol. The summed E-state index contributed by atoms with van der Waals surface area (Å²) in [4.78, 5) is 53.0. The molecule has 7 heteroatoms. The summed E-state index contributed by atoms with van der Waals surface area (Å²) in [6.07, 6.45) is 2.98. The molecule has 2 atom stereocenters. The van der Waals surface area contributed by atoms with E-state index in [2.05, 4.69) is 0 Å². The van der Waals surface area contributed by atoms with E-state index in [1.807, 2.05) is 13.8 Å². The monoisotopic (exact) mass is 420 g/mol. The van der Waals surface area contributed by atoms with Crippen LogP contribution in [0, 0.1) is 0 Å². The Balaban J connectivity index is 1.41. The Labute approximate surface area is 180 Å². The van der Waals surface area contributed by atoms with Gasteiger partial charge in [-0.25, -0.2) is 9.69 Å². The van der Waals surface area contributed by atoms with Gasteiger partial charge in [0.2, 0.25) is 0 Å². The number of ether oxygens (including phenoxy) is 1. The van der Waals surface area contributed by atoms with Crippen molar-refractivity contribution in [3.8, 4) is 0 Å². The highest BCUT2D eigenvalue weighted by Crippen LogP contribution is 2.28. The third-order valence-electron chi connectivity index (χ3n) is 5.96. The van der Waals surface area contributed by atoms with E-state index in [0.29, 0.717) is 16.8 Å². The number of likely N-dealkylation sites (tertiary alicyclic amines) is 1. The van der Waals surface area contributed by atoms with Gasteiger partial charge in [0.05, 0.1) is 22.4 Å². The number of imide groups is 1. The van der Waals surface area contributed by atoms with Crippen molar-refractivity contribution < 1.29 is 23.9 Å². The van der Waals surface area contributed by atoms with Gasteiger partial charge in [0.15, 0.2) is 6.61 Å². The molecule has 160 valence electrons. The number of amides is 3. The lowest BCUT2D eigenvalue weighted by Gasteiger charge is -2.38. The molecule has 0 saturated carbocycles. The van der Waals surface area contributed by atoms with Gasteiger partial charge in [-0.15, -0.1) is 0 Å². The SMILES string of the molecule is C[C@@H]1CCC[C@@H](C)N1C(=O)COC(=O)c1ccc(N2C(=O)c3ccccc3C2=O)cc1. The van der Waals surface area contributed by atoms with Crippen molar-refractivity contribution in [3.05, 3.63) is 65.2 Å². The van der Waals surface area contributed by atoms with Crippen LogP contribution in [0.3, 0.4) is 0 Å². The van der Waals surface area contributed by atoms with Crippen molar-refractivity contribution in [2.75, 3.05) is 11.5 Å². The second-order valence-corrected chi connectivity index (χ2v) is 8.04. The normalized spacial score (nSPS) is 20.6. The molecule has 0 aliphatic carbocycles. The molecule has 2 aliphatic rings. The van der Waals surface area contributed by atoms with Crippen LogP contribution < -0.4 is 4.90 Å². The third-order valence-corrected chi connectivity index (χ3v) is 5.96. The fourth-order valence-electron chi connectivity index (χ4n) is 4.37. The lowest BCUT2D eigenvalue weighted by atomic mass is 9.97. The van der Waals surface area contributed by atoms with Crippen LogP contribution in [-0.4, -0.2) is 47.3 Å². The highest BCUT2D eigenvalue weighted by atomic mass is 16.5. The van der Waals surface area contributed by atoms with Gasteiger partial charge < -0.3 is 9.64 Å². The zero-order valence-corrected chi connectivity index (χ0v) is 17.5. The van der Waals surface area contributed by atoms with Crippen LogP contribution in [-0.2, 0) is 9.53 Å². The van der Waals surface area contributed by atoms with Crippen LogP contribution in [0.15, 0.2) is 48.5 Å². The van der Waals surface area contributed by atoms with Crippen LogP contribution in [0.1, 0.15) is 64.2 Å². The van der Waals surface area contributed by atoms with Crippen LogP contribution in [0.2, 0.25) is 0 Å². The van der Waals surface area contributed by atoms with Crippen molar-refractivity contribution >= 4 is 29.4 Å². The molecule has 0 N–H and O–H groups in total. The molecule has 1 saturated heterocycles. The first kappa shape index (κ1) is 20.8. The average Bonchev–Trinajstić information content (AvgIpc) is 3.02. The first-order valence-electron chi connectivity index (χ1n) is 10.4. The number of anilines is 1. The number of nitrogens with zero attached hydrogens (tertiary/aromatic N) is 2. The van der Waals surface area contributed by atoms with E-state index in [1.165, 1.54) is 24.3 Å². The number of rotatable bonds is 4. The first-order chi connectivity index (χ1) is 14.9. The molecule has 2 aromatic rings. The van der Waals surface area contributed by atoms with Crippen molar-refractivity contribution in [3.63, 3.8) is 0 Å². The molecule has 2 aliphatic heterocycles. The molecule has 0 radical (unpaired) electrons. The maximum absolute atomic E-state index is 12.6. The van der Waals surface area contributed by atoms with Gasteiger partial charge in [-0.05, 0) is 69.5 Å². The van der Waals surface area contributed by atoms with E-state index >= 15 is 0 Å².